The lowest BCUT2D eigenvalue weighted by molar-refractivity contribution is -0.119. The summed E-state index contributed by atoms with van der Waals surface area (Å²) in [5.41, 5.74) is 6.12. The summed E-state index contributed by atoms with van der Waals surface area (Å²) < 4.78 is 2.29. The molecule has 2 aromatic rings. The van der Waals surface area contributed by atoms with Crippen LogP contribution in [-0.4, -0.2) is 40.5 Å². The molecule has 9 heteroatoms. The van der Waals surface area contributed by atoms with Gasteiger partial charge in [-0.25, -0.2) is 4.79 Å². The highest BCUT2D eigenvalue weighted by Gasteiger charge is 2.26. The molecular weight excluding hydrogens is 462 g/mol. The zero-order valence-corrected chi connectivity index (χ0v) is 20.4. The number of benzene rings is 1. The van der Waals surface area contributed by atoms with Gasteiger partial charge in [-0.1, -0.05) is 61.8 Å². The van der Waals surface area contributed by atoms with Crippen molar-refractivity contribution in [2.75, 3.05) is 30.8 Å². The molecule has 0 bridgehead atoms. The largest absolute Gasteiger partial charge is 0.383 e. The Morgan fingerprint density at radius 3 is 2.39 bits per heavy atom. The van der Waals surface area contributed by atoms with Crippen LogP contribution < -0.4 is 21.9 Å². The number of halogens is 1. The van der Waals surface area contributed by atoms with Crippen molar-refractivity contribution in [2.24, 2.45) is 11.8 Å². The van der Waals surface area contributed by atoms with Crippen molar-refractivity contribution in [3.63, 3.8) is 0 Å². The molecule has 31 heavy (non-hydrogen) atoms. The van der Waals surface area contributed by atoms with Gasteiger partial charge in [-0.05, 0) is 30.5 Å². The van der Waals surface area contributed by atoms with Crippen molar-refractivity contribution < 1.29 is 4.79 Å². The number of aromatic amines is 1. The van der Waals surface area contributed by atoms with E-state index in [9.17, 15) is 14.4 Å². The molecule has 8 nitrogen and oxygen atoms in total. The summed E-state index contributed by atoms with van der Waals surface area (Å²) in [5.74, 6) is 0.00496. The number of hydrogen-bond donors (Lipinski definition) is 2. The van der Waals surface area contributed by atoms with Crippen molar-refractivity contribution in [2.45, 2.75) is 40.8 Å². The highest BCUT2D eigenvalue weighted by atomic mass is 79.9. The number of likely N-dealkylation sites (N-methyl/N-ethyl adjacent to an activating group) is 1. The number of carbonyl (C=O) groups is 1. The zero-order valence-electron chi connectivity index (χ0n) is 18.8. The van der Waals surface area contributed by atoms with Crippen LogP contribution in [0.15, 0.2) is 38.3 Å². The molecule has 1 aromatic heterocycles. The fraction of sp³-hybridized carbons (Fsp3) is 0.500. The lowest BCUT2D eigenvalue weighted by Gasteiger charge is -2.28. The summed E-state index contributed by atoms with van der Waals surface area (Å²) in [6.07, 6.45) is 0. The van der Waals surface area contributed by atoms with E-state index in [1.165, 1.54) is 9.47 Å². The third kappa shape index (κ3) is 6.54. The molecule has 0 aliphatic carbocycles. The maximum absolute atomic E-state index is 13.3. The Morgan fingerprint density at radius 2 is 1.81 bits per heavy atom. The van der Waals surface area contributed by atoms with Crippen molar-refractivity contribution in [1.82, 2.24) is 14.5 Å². The number of amides is 1. The van der Waals surface area contributed by atoms with Crippen molar-refractivity contribution >= 4 is 33.3 Å². The topological polar surface area (TPSA) is 104 Å². The summed E-state index contributed by atoms with van der Waals surface area (Å²) in [7, 11) is 1.85. The molecule has 170 valence electrons. The molecular formula is C22H32BrN5O3. The number of nitrogen functional groups attached to an aromatic ring is 1. The average Bonchev–Trinajstić information content (AvgIpc) is 2.65. The number of nitrogens with one attached hydrogen (secondary N) is 1. The molecule has 0 unspecified atom stereocenters. The minimum atomic E-state index is -0.648. The van der Waals surface area contributed by atoms with E-state index in [0.717, 1.165) is 10.0 Å². The Labute approximate surface area is 191 Å². The molecule has 1 aromatic carbocycles. The van der Waals surface area contributed by atoms with Crippen molar-refractivity contribution in [3.8, 4) is 0 Å². The minimum absolute atomic E-state index is 0.0184. The number of nitrogens with two attached hydrogens (primary N) is 1. The van der Waals surface area contributed by atoms with Gasteiger partial charge in [0.1, 0.15) is 5.82 Å². The second-order valence-electron chi connectivity index (χ2n) is 8.66. The van der Waals surface area contributed by atoms with E-state index in [4.69, 9.17) is 5.73 Å². The van der Waals surface area contributed by atoms with Crippen LogP contribution in [0.2, 0.25) is 0 Å². The average molecular weight is 494 g/mol. The van der Waals surface area contributed by atoms with Crippen LogP contribution in [-0.2, 0) is 17.9 Å². The molecule has 0 spiro atoms. The van der Waals surface area contributed by atoms with E-state index >= 15 is 0 Å². The van der Waals surface area contributed by atoms with Gasteiger partial charge in [0.2, 0.25) is 5.91 Å². The molecule has 0 aliphatic rings. The molecule has 0 atom stereocenters. The van der Waals surface area contributed by atoms with E-state index in [1.807, 2.05) is 63.9 Å². The third-order valence-electron chi connectivity index (χ3n) is 4.68. The highest BCUT2D eigenvalue weighted by molar-refractivity contribution is 9.10. The second kappa shape index (κ2) is 10.8. The van der Waals surface area contributed by atoms with E-state index < -0.39 is 11.2 Å². The Bertz CT molecular complexity index is 1030. The molecule has 1 heterocycles. The Kier molecular flexibility index (Phi) is 8.64. The van der Waals surface area contributed by atoms with Gasteiger partial charge in [0.15, 0.2) is 5.69 Å². The fourth-order valence-electron chi connectivity index (χ4n) is 3.36. The predicted molar refractivity (Wildman–Crippen MR) is 128 cm³/mol. The Morgan fingerprint density at radius 1 is 1.16 bits per heavy atom. The first-order valence-corrected chi connectivity index (χ1v) is 11.1. The normalized spacial score (nSPS) is 11.5. The maximum Gasteiger partial charge on any atom is 0.330 e. The summed E-state index contributed by atoms with van der Waals surface area (Å²) in [4.78, 5) is 43.8. The summed E-state index contributed by atoms with van der Waals surface area (Å²) in [6, 6.07) is 7.82. The molecule has 0 aliphatic heterocycles. The monoisotopic (exact) mass is 493 g/mol. The molecule has 0 saturated heterocycles. The number of anilines is 2. The highest BCUT2D eigenvalue weighted by Crippen LogP contribution is 2.21. The SMILES string of the molecule is CC(C)CN(C(=O)CN(C)Cc1ccccc1Br)c1c(N)n(CC(C)C)c(=O)[nH]c1=O. The van der Waals surface area contributed by atoms with Crippen LogP contribution in [0.3, 0.4) is 0 Å². The first-order valence-electron chi connectivity index (χ1n) is 10.4. The predicted octanol–water partition coefficient (Wildman–Crippen LogP) is 2.66. The molecule has 0 saturated carbocycles. The van der Waals surface area contributed by atoms with Gasteiger partial charge in [-0.2, -0.15) is 0 Å². The number of hydrogen-bond acceptors (Lipinski definition) is 5. The van der Waals surface area contributed by atoms with Gasteiger partial charge in [-0.3, -0.25) is 24.0 Å². The summed E-state index contributed by atoms with van der Waals surface area (Å²) in [6.45, 7) is 9.13. The molecule has 0 fully saturated rings. The molecule has 1 amide bonds. The number of nitrogens with zero attached hydrogens (tertiary/aromatic N) is 3. The lowest BCUT2D eigenvalue weighted by Crippen LogP contribution is -2.46. The number of carbonyl (C=O) groups excluding carboxylic acids is 1. The van der Waals surface area contributed by atoms with Crippen LogP contribution in [0.4, 0.5) is 11.5 Å². The summed E-state index contributed by atoms with van der Waals surface area (Å²) >= 11 is 3.53. The number of rotatable bonds is 9. The van der Waals surface area contributed by atoms with Gasteiger partial charge in [0.05, 0.1) is 6.54 Å². The maximum atomic E-state index is 13.3. The second-order valence-corrected chi connectivity index (χ2v) is 9.51. The van der Waals surface area contributed by atoms with Crippen LogP contribution in [0.1, 0.15) is 33.3 Å². The lowest BCUT2D eigenvalue weighted by atomic mass is 10.2. The molecule has 2 rings (SSSR count). The van der Waals surface area contributed by atoms with Crippen LogP contribution in [0, 0.1) is 11.8 Å². The van der Waals surface area contributed by atoms with Gasteiger partial charge >= 0.3 is 5.69 Å². The standard InChI is InChI=1S/C22H32BrN5O3/c1-14(2)10-27(18(29)13-26(5)12-16-8-6-7-9-17(16)23)19-20(24)28(11-15(3)4)22(31)25-21(19)30/h6-9,14-15H,10-13,24H2,1-5H3,(H,25,30,31). The minimum Gasteiger partial charge on any atom is -0.383 e. The van der Waals surface area contributed by atoms with Crippen molar-refractivity contribution in [3.05, 3.63) is 55.1 Å². The number of H-pyrrole nitrogens is 1. The van der Waals surface area contributed by atoms with Crippen LogP contribution in [0.5, 0.6) is 0 Å². The van der Waals surface area contributed by atoms with Gasteiger partial charge in [0.25, 0.3) is 5.56 Å². The van der Waals surface area contributed by atoms with E-state index in [1.54, 1.807) is 0 Å². The first kappa shape index (κ1) is 24.9. The first-order chi connectivity index (χ1) is 14.5. The fourth-order valence-corrected chi connectivity index (χ4v) is 3.77. The van der Waals surface area contributed by atoms with Gasteiger partial charge in [-0.15, -0.1) is 0 Å². The Hall–Kier alpha value is -2.39. The van der Waals surface area contributed by atoms with Crippen LogP contribution in [0.25, 0.3) is 0 Å². The molecule has 3 N–H and O–H groups in total. The summed E-state index contributed by atoms with van der Waals surface area (Å²) in [5, 5.41) is 0. The van der Waals surface area contributed by atoms with E-state index in [0.29, 0.717) is 19.6 Å². The smallest absolute Gasteiger partial charge is 0.330 e. The zero-order chi connectivity index (χ0) is 23.3. The van der Waals surface area contributed by atoms with Crippen molar-refractivity contribution in [1.29, 1.82) is 0 Å². The number of aromatic nitrogens is 2. The van der Waals surface area contributed by atoms with E-state index in [-0.39, 0.29) is 35.8 Å². The van der Waals surface area contributed by atoms with Crippen LogP contribution >= 0.6 is 15.9 Å². The third-order valence-corrected chi connectivity index (χ3v) is 5.46. The van der Waals surface area contributed by atoms with Gasteiger partial charge in [0, 0.05) is 24.1 Å². The quantitative estimate of drug-likeness (QED) is 0.558. The van der Waals surface area contributed by atoms with Gasteiger partial charge < -0.3 is 10.6 Å². The molecule has 0 radical (unpaired) electrons. The Balaban J connectivity index is 2.37. The van der Waals surface area contributed by atoms with E-state index in [2.05, 4.69) is 20.9 Å².